The van der Waals surface area contributed by atoms with Crippen molar-refractivity contribution >= 4 is 10.9 Å². The van der Waals surface area contributed by atoms with Crippen LogP contribution in [0.4, 0.5) is 0 Å². The van der Waals surface area contributed by atoms with E-state index in [0.717, 1.165) is 46.3 Å². The molecule has 0 radical (unpaired) electrons. The quantitative estimate of drug-likeness (QED) is 0.233. The Morgan fingerprint density at radius 2 is 1.68 bits per heavy atom. The lowest BCUT2D eigenvalue weighted by Crippen LogP contribution is -2.25. The van der Waals surface area contributed by atoms with Gasteiger partial charge in [0.2, 0.25) is 5.88 Å². The SMILES string of the molecule is Cc1c(COc2cc(OCCCC3(C)OCCO3)ccn2)nc2ccccc2c1OCc1ccccc1. The number of hydrogen-bond acceptors (Lipinski definition) is 7. The monoisotopic (exact) mass is 500 g/mol. The van der Waals surface area contributed by atoms with E-state index in [1.54, 1.807) is 12.3 Å². The van der Waals surface area contributed by atoms with Gasteiger partial charge in [0.25, 0.3) is 0 Å². The first-order chi connectivity index (χ1) is 18.1. The fourth-order valence-electron chi connectivity index (χ4n) is 4.37. The van der Waals surface area contributed by atoms with Crippen LogP contribution in [0.15, 0.2) is 72.9 Å². The Labute approximate surface area is 217 Å². The molecule has 192 valence electrons. The number of para-hydroxylation sites is 1. The number of hydrogen-bond donors (Lipinski definition) is 0. The molecule has 2 aromatic heterocycles. The van der Waals surface area contributed by atoms with Gasteiger partial charge in [-0.25, -0.2) is 9.97 Å². The predicted octanol–water partition coefficient (Wildman–Crippen LogP) is 6.02. The summed E-state index contributed by atoms with van der Waals surface area (Å²) in [5.74, 6) is 1.51. The number of benzene rings is 2. The molecule has 0 bridgehead atoms. The average molecular weight is 501 g/mol. The number of aromatic nitrogens is 2. The summed E-state index contributed by atoms with van der Waals surface area (Å²) in [4.78, 5) is 9.19. The molecular formula is C30H32N2O5. The fourth-order valence-corrected chi connectivity index (χ4v) is 4.37. The van der Waals surface area contributed by atoms with Crippen molar-refractivity contribution < 1.29 is 23.7 Å². The van der Waals surface area contributed by atoms with E-state index < -0.39 is 5.79 Å². The second-order valence-electron chi connectivity index (χ2n) is 9.21. The highest BCUT2D eigenvalue weighted by molar-refractivity contribution is 5.86. The lowest BCUT2D eigenvalue weighted by atomic mass is 10.1. The van der Waals surface area contributed by atoms with E-state index in [0.29, 0.717) is 38.1 Å². The van der Waals surface area contributed by atoms with Crippen molar-refractivity contribution in [3.63, 3.8) is 0 Å². The van der Waals surface area contributed by atoms with Crippen molar-refractivity contribution in [2.24, 2.45) is 0 Å². The standard InChI is InChI=1S/C30H32N2O5/c1-22-27(32-26-12-7-6-11-25(26)29(22)35-20-23-9-4-3-5-10-23)21-34-28-19-24(13-15-31-28)33-16-8-14-30(2)36-17-18-37-30/h3-7,9-13,15,19H,8,14,16-18,20-21H2,1-2H3. The summed E-state index contributed by atoms with van der Waals surface area (Å²) in [6, 6.07) is 21.8. The molecule has 7 nitrogen and oxygen atoms in total. The molecule has 1 saturated heterocycles. The molecule has 1 aliphatic rings. The number of pyridine rings is 2. The molecule has 0 saturated carbocycles. The molecule has 0 unspecified atom stereocenters. The molecule has 0 N–H and O–H groups in total. The molecule has 2 aromatic carbocycles. The summed E-state index contributed by atoms with van der Waals surface area (Å²) in [6.45, 7) is 6.58. The minimum Gasteiger partial charge on any atom is -0.493 e. The summed E-state index contributed by atoms with van der Waals surface area (Å²) in [5.41, 5.74) is 3.73. The van der Waals surface area contributed by atoms with Gasteiger partial charge in [-0.1, -0.05) is 42.5 Å². The normalized spacial score (nSPS) is 14.5. The molecule has 3 heterocycles. The Morgan fingerprint density at radius 1 is 0.892 bits per heavy atom. The molecule has 4 aromatic rings. The largest absolute Gasteiger partial charge is 0.493 e. The van der Waals surface area contributed by atoms with E-state index in [-0.39, 0.29) is 6.61 Å². The van der Waals surface area contributed by atoms with Crippen molar-refractivity contribution in [1.29, 1.82) is 0 Å². The van der Waals surface area contributed by atoms with E-state index in [1.165, 1.54) is 0 Å². The maximum Gasteiger partial charge on any atom is 0.217 e. The van der Waals surface area contributed by atoms with Crippen LogP contribution in [0.5, 0.6) is 17.4 Å². The van der Waals surface area contributed by atoms with Crippen molar-refractivity contribution in [3.8, 4) is 17.4 Å². The molecule has 1 aliphatic heterocycles. The Kier molecular flexibility index (Phi) is 7.82. The molecule has 0 aliphatic carbocycles. The van der Waals surface area contributed by atoms with Crippen LogP contribution in [0.3, 0.4) is 0 Å². The Balaban J connectivity index is 1.24. The minimum atomic E-state index is -0.496. The van der Waals surface area contributed by atoms with Gasteiger partial charge in [-0.2, -0.15) is 0 Å². The van der Waals surface area contributed by atoms with Crippen molar-refractivity contribution in [2.45, 2.75) is 45.7 Å². The van der Waals surface area contributed by atoms with E-state index in [9.17, 15) is 0 Å². The second kappa shape index (κ2) is 11.6. The summed E-state index contributed by atoms with van der Waals surface area (Å²) in [5, 5.41) is 0.982. The molecule has 0 spiro atoms. The first kappa shape index (κ1) is 25.0. The third kappa shape index (κ3) is 6.37. The zero-order chi connectivity index (χ0) is 25.5. The summed E-state index contributed by atoms with van der Waals surface area (Å²) in [7, 11) is 0. The highest BCUT2D eigenvalue weighted by Gasteiger charge is 2.30. The van der Waals surface area contributed by atoms with Crippen LogP contribution >= 0.6 is 0 Å². The Hall–Kier alpha value is -3.68. The van der Waals surface area contributed by atoms with Crippen LogP contribution in [0.2, 0.25) is 0 Å². The smallest absolute Gasteiger partial charge is 0.217 e. The van der Waals surface area contributed by atoms with Gasteiger partial charge in [0.05, 0.1) is 31.0 Å². The van der Waals surface area contributed by atoms with E-state index >= 15 is 0 Å². The highest BCUT2D eigenvalue weighted by atomic mass is 16.7. The lowest BCUT2D eigenvalue weighted by Gasteiger charge is -2.21. The number of rotatable bonds is 11. The highest BCUT2D eigenvalue weighted by Crippen LogP contribution is 2.32. The van der Waals surface area contributed by atoms with E-state index in [4.69, 9.17) is 28.7 Å². The molecule has 5 rings (SSSR count). The third-order valence-corrected chi connectivity index (χ3v) is 6.41. The maximum absolute atomic E-state index is 6.30. The molecular weight excluding hydrogens is 468 g/mol. The first-order valence-corrected chi connectivity index (χ1v) is 12.6. The van der Waals surface area contributed by atoms with Gasteiger partial charge in [0, 0.05) is 29.6 Å². The first-order valence-electron chi connectivity index (χ1n) is 12.6. The van der Waals surface area contributed by atoms with Crippen LogP contribution in [-0.4, -0.2) is 35.6 Å². The predicted molar refractivity (Wildman–Crippen MR) is 141 cm³/mol. The molecule has 37 heavy (non-hydrogen) atoms. The lowest BCUT2D eigenvalue weighted by molar-refractivity contribution is -0.148. The third-order valence-electron chi connectivity index (χ3n) is 6.41. The minimum absolute atomic E-state index is 0.266. The molecule has 0 amide bonds. The van der Waals surface area contributed by atoms with Gasteiger partial charge in [-0.15, -0.1) is 0 Å². The van der Waals surface area contributed by atoms with Gasteiger partial charge in [-0.3, -0.25) is 0 Å². The Bertz CT molecular complexity index is 1320. The molecule has 0 atom stereocenters. The second-order valence-corrected chi connectivity index (χ2v) is 9.21. The van der Waals surface area contributed by atoms with Crippen LogP contribution < -0.4 is 14.2 Å². The zero-order valence-electron chi connectivity index (χ0n) is 21.3. The summed E-state index contributed by atoms with van der Waals surface area (Å²) >= 11 is 0. The van der Waals surface area contributed by atoms with Gasteiger partial charge >= 0.3 is 0 Å². The molecule has 7 heteroatoms. The van der Waals surface area contributed by atoms with Crippen molar-refractivity contribution in [3.05, 3.63) is 89.7 Å². The van der Waals surface area contributed by atoms with Crippen LogP contribution in [0.25, 0.3) is 10.9 Å². The van der Waals surface area contributed by atoms with E-state index in [2.05, 4.69) is 17.1 Å². The summed E-state index contributed by atoms with van der Waals surface area (Å²) < 4.78 is 29.5. The average Bonchev–Trinajstić information content (AvgIpc) is 3.37. The number of nitrogens with zero attached hydrogens (tertiary/aromatic N) is 2. The number of ether oxygens (including phenoxy) is 5. The van der Waals surface area contributed by atoms with Gasteiger partial charge in [-0.05, 0) is 44.0 Å². The molecule has 1 fully saturated rings. The fraction of sp³-hybridized carbons (Fsp3) is 0.333. The number of fused-ring (bicyclic) bond motifs is 1. The Morgan fingerprint density at radius 3 is 2.51 bits per heavy atom. The van der Waals surface area contributed by atoms with Crippen LogP contribution in [-0.2, 0) is 22.7 Å². The maximum atomic E-state index is 6.30. The summed E-state index contributed by atoms with van der Waals surface area (Å²) in [6.07, 6.45) is 3.29. The van der Waals surface area contributed by atoms with Crippen LogP contribution in [0.1, 0.15) is 36.6 Å². The van der Waals surface area contributed by atoms with Gasteiger partial charge in [0.15, 0.2) is 5.79 Å². The van der Waals surface area contributed by atoms with Crippen molar-refractivity contribution in [2.75, 3.05) is 19.8 Å². The van der Waals surface area contributed by atoms with Gasteiger partial charge < -0.3 is 23.7 Å². The van der Waals surface area contributed by atoms with Crippen LogP contribution in [0, 0.1) is 6.92 Å². The van der Waals surface area contributed by atoms with Gasteiger partial charge in [0.1, 0.15) is 24.7 Å². The van der Waals surface area contributed by atoms with Crippen molar-refractivity contribution in [1.82, 2.24) is 9.97 Å². The topological polar surface area (TPSA) is 71.9 Å². The van der Waals surface area contributed by atoms with E-state index in [1.807, 2.05) is 62.4 Å². The zero-order valence-corrected chi connectivity index (χ0v) is 21.3.